The second-order valence-electron chi connectivity index (χ2n) is 5.78. The van der Waals surface area contributed by atoms with E-state index in [1.165, 1.54) is 11.1 Å². The first kappa shape index (κ1) is 14.4. The molecule has 0 N–H and O–H groups in total. The zero-order valence-electron chi connectivity index (χ0n) is 12.3. The van der Waals surface area contributed by atoms with Crippen molar-refractivity contribution >= 4 is 17.6 Å². The molecule has 0 saturated carbocycles. The van der Waals surface area contributed by atoms with Crippen LogP contribution < -0.4 is 0 Å². The Morgan fingerprint density at radius 3 is 2.95 bits per heavy atom. The zero-order chi connectivity index (χ0) is 14.7. The molecule has 0 amide bonds. The lowest BCUT2D eigenvalue weighted by Gasteiger charge is -2.29. The zero-order valence-corrected chi connectivity index (χ0v) is 13.1. The molecular formula is C17H20N2OS. The maximum atomic E-state index is 10.9. The van der Waals surface area contributed by atoms with E-state index >= 15 is 0 Å². The minimum absolute atomic E-state index is 0.203. The highest BCUT2D eigenvalue weighted by Crippen LogP contribution is 2.25. The van der Waals surface area contributed by atoms with Crippen molar-refractivity contribution in [3.63, 3.8) is 0 Å². The van der Waals surface area contributed by atoms with Gasteiger partial charge in [-0.05, 0) is 26.3 Å². The van der Waals surface area contributed by atoms with Gasteiger partial charge in [0.1, 0.15) is 11.3 Å². The van der Waals surface area contributed by atoms with Gasteiger partial charge in [0.05, 0.1) is 5.69 Å². The molecule has 3 rings (SSSR count). The third kappa shape index (κ3) is 3.57. The summed E-state index contributed by atoms with van der Waals surface area (Å²) in [5.74, 6) is 0.203. The molecule has 1 fully saturated rings. The molecule has 2 heterocycles. The number of benzene rings is 1. The number of piperidine rings is 1. The predicted molar refractivity (Wildman–Crippen MR) is 86.4 cm³/mol. The molecule has 2 aromatic rings. The number of aldehydes is 1. The normalized spacial score (nSPS) is 19.6. The van der Waals surface area contributed by atoms with E-state index in [9.17, 15) is 4.79 Å². The van der Waals surface area contributed by atoms with Gasteiger partial charge in [-0.1, -0.05) is 29.8 Å². The van der Waals surface area contributed by atoms with Crippen LogP contribution in [0.15, 0.2) is 29.6 Å². The van der Waals surface area contributed by atoms with Crippen LogP contribution in [0.1, 0.15) is 24.1 Å². The van der Waals surface area contributed by atoms with E-state index in [1.807, 2.05) is 0 Å². The number of hydrogen-bond acceptors (Lipinski definition) is 4. The number of rotatable bonds is 4. The maximum Gasteiger partial charge on any atom is 0.124 e. The van der Waals surface area contributed by atoms with Gasteiger partial charge in [0, 0.05) is 30.0 Å². The Kier molecular flexibility index (Phi) is 4.46. The summed E-state index contributed by atoms with van der Waals surface area (Å²) in [6, 6.07) is 8.49. The lowest BCUT2D eigenvalue weighted by atomic mass is 10.00. The van der Waals surface area contributed by atoms with Gasteiger partial charge < -0.3 is 4.79 Å². The van der Waals surface area contributed by atoms with Gasteiger partial charge in [0.2, 0.25) is 0 Å². The van der Waals surface area contributed by atoms with Crippen molar-refractivity contribution < 1.29 is 4.79 Å². The van der Waals surface area contributed by atoms with E-state index in [1.54, 1.807) is 11.3 Å². The third-order valence-electron chi connectivity index (χ3n) is 3.97. The number of hydrogen-bond donors (Lipinski definition) is 0. The average Bonchev–Trinajstić information content (AvgIpc) is 2.96. The molecule has 1 saturated heterocycles. The molecule has 1 aromatic heterocycles. The Morgan fingerprint density at radius 1 is 1.38 bits per heavy atom. The highest BCUT2D eigenvalue weighted by Gasteiger charge is 2.20. The van der Waals surface area contributed by atoms with Crippen molar-refractivity contribution in [1.82, 2.24) is 9.88 Å². The average molecular weight is 300 g/mol. The van der Waals surface area contributed by atoms with E-state index in [-0.39, 0.29) is 5.92 Å². The minimum Gasteiger partial charge on any atom is -0.303 e. The van der Waals surface area contributed by atoms with E-state index in [4.69, 9.17) is 4.98 Å². The Bertz CT molecular complexity index is 606. The quantitative estimate of drug-likeness (QED) is 0.810. The summed E-state index contributed by atoms with van der Waals surface area (Å²) in [6.45, 7) is 4.90. The molecule has 21 heavy (non-hydrogen) atoms. The Morgan fingerprint density at radius 2 is 2.19 bits per heavy atom. The number of aryl methyl sites for hydroxylation is 1. The van der Waals surface area contributed by atoms with Crippen molar-refractivity contribution in [1.29, 1.82) is 0 Å². The number of nitrogens with zero attached hydrogens (tertiary/aromatic N) is 2. The summed E-state index contributed by atoms with van der Waals surface area (Å²) in [5, 5.41) is 3.22. The van der Waals surface area contributed by atoms with Crippen molar-refractivity contribution in [3.8, 4) is 10.6 Å². The third-order valence-corrected chi connectivity index (χ3v) is 4.91. The molecule has 0 radical (unpaired) electrons. The monoisotopic (exact) mass is 300 g/mol. The minimum atomic E-state index is 0.203. The topological polar surface area (TPSA) is 33.2 Å². The number of carbonyl (C=O) groups excluding carboxylic acids is 1. The molecule has 1 aromatic carbocycles. The summed E-state index contributed by atoms with van der Waals surface area (Å²) in [6.07, 6.45) is 3.25. The molecule has 0 aliphatic carbocycles. The van der Waals surface area contributed by atoms with Crippen molar-refractivity contribution in [2.75, 3.05) is 13.1 Å². The van der Waals surface area contributed by atoms with Crippen LogP contribution in [0.5, 0.6) is 0 Å². The van der Waals surface area contributed by atoms with Crippen LogP contribution in [0.4, 0.5) is 0 Å². The van der Waals surface area contributed by atoms with Gasteiger partial charge >= 0.3 is 0 Å². The fourth-order valence-corrected chi connectivity index (χ4v) is 3.60. The van der Waals surface area contributed by atoms with Gasteiger partial charge in [0.25, 0.3) is 0 Å². The van der Waals surface area contributed by atoms with Crippen LogP contribution in [0.2, 0.25) is 0 Å². The van der Waals surface area contributed by atoms with Crippen molar-refractivity contribution in [2.45, 2.75) is 26.3 Å². The first-order valence-corrected chi connectivity index (χ1v) is 8.31. The Labute approximate surface area is 129 Å². The highest BCUT2D eigenvalue weighted by molar-refractivity contribution is 7.13. The van der Waals surface area contributed by atoms with Crippen LogP contribution in [0, 0.1) is 12.8 Å². The number of aromatic nitrogens is 1. The summed E-state index contributed by atoms with van der Waals surface area (Å²) < 4.78 is 0. The molecule has 1 aliphatic heterocycles. The maximum absolute atomic E-state index is 10.9. The van der Waals surface area contributed by atoms with Crippen LogP contribution in [-0.2, 0) is 11.3 Å². The summed E-state index contributed by atoms with van der Waals surface area (Å²) >= 11 is 1.70. The van der Waals surface area contributed by atoms with Crippen LogP contribution >= 0.6 is 11.3 Å². The first-order valence-electron chi connectivity index (χ1n) is 7.43. The molecule has 1 atom stereocenters. The smallest absolute Gasteiger partial charge is 0.124 e. The summed E-state index contributed by atoms with van der Waals surface area (Å²) in [4.78, 5) is 18.0. The lowest BCUT2D eigenvalue weighted by molar-refractivity contribution is -0.112. The van der Waals surface area contributed by atoms with Gasteiger partial charge in [0.15, 0.2) is 0 Å². The van der Waals surface area contributed by atoms with E-state index in [2.05, 4.69) is 41.5 Å². The number of thiazole rings is 1. The summed E-state index contributed by atoms with van der Waals surface area (Å²) in [7, 11) is 0. The molecule has 3 nitrogen and oxygen atoms in total. The molecular weight excluding hydrogens is 280 g/mol. The molecule has 1 unspecified atom stereocenters. The predicted octanol–water partition coefficient (Wildman–Crippen LogP) is 3.53. The van der Waals surface area contributed by atoms with Gasteiger partial charge in [-0.3, -0.25) is 4.90 Å². The lowest BCUT2D eigenvalue weighted by Crippen LogP contribution is -2.35. The SMILES string of the molecule is Cc1ccc(-c2nc(CN3CCCC(C=O)C3)cs2)cc1. The Balaban J connectivity index is 1.67. The standard InChI is InChI=1S/C17H20N2OS/c1-13-4-6-15(7-5-13)17-18-16(12-21-17)10-19-8-2-3-14(9-19)11-20/h4-7,11-12,14H,2-3,8-10H2,1H3. The van der Waals surface area contributed by atoms with Gasteiger partial charge in [-0.15, -0.1) is 11.3 Å². The molecule has 4 heteroatoms. The fraction of sp³-hybridized carbons (Fsp3) is 0.412. The van der Waals surface area contributed by atoms with Crippen LogP contribution in [0.3, 0.4) is 0 Å². The molecule has 0 spiro atoms. The first-order chi connectivity index (χ1) is 10.2. The van der Waals surface area contributed by atoms with Gasteiger partial charge in [-0.2, -0.15) is 0 Å². The van der Waals surface area contributed by atoms with Crippen molar-refractivity contribution in [3.05, 3.63) is 40.9 Å². The highest BCUT2D eigenvalue weighted by atomic mass is 32.1. The van der Waals surface area contributed by atoms with E-state index in [0.29, 0.717) is 0 Å². The van der Waals surface area contributed by atoms with E-state index < -0.39 is 0 Å². The summed E-state index contributed by atoms with van der Waals surface area (Å²) in [5.41, 5.74) is 3.56. The van der Waals surface area contributed by atoms with Gasteiger partial charge in [-0.25, -0.2) is 4.98 Å². The van der Waals surface area contributed by atoms with E-state index in [0.717, 1.165) is 49.5 Å². The molecule has 0 bridgehead atoms. The van der Waals surface area contributed by atoms with Crippen LogP contribution in [0.25, 0.3) is 10.6 Å². The second-order valence-corrected chi connectivity index (χ2v) is 6.64. The molecule has 110 valence electrons. The van der Waals surface area contributed by atoms with Crippen molar-refractivity contribution in [2.24, 2.45) is 5.92 Å². The number of likely N-dealkylation sites (tertiary alicyclic amines) is 1. The fourth-order valence-electron chi connectivity index (χ4n) is 2.78. The van der Waals surface area contributed by atoms with Crippen LogP contribution in [-0.4, -0.2) is 29.3 Å². The number of carbonyl (C=O) groups is 1. The molecule has 1 aliphatic rings. The second kappa shape index (κ2) is 6.50. The largest absolute Gasteiger partial charge is 0.303 e. The Hall–Kier alpha value is -1.52.